The minimum Gasteiger partial charge on any atom is -0.381 e. The van der Waals surface area contributed by atoms with Crippen LogP contribution >= 0.6 is 11.3 Å². The molecule has 1 amide bonds. The van der Waals surface area contributed by atoms with Gasteiger partial charge in [0, 0.05) is 36.6 Å². The Labute approximate surface area is 131 Å². The Hall–Kier alpha value is -0.910. The molecule has 21 heavy (non-hydrogen) atoms. The van der Waals surface area contributed by atoms with Gasteiger partial charge in [-0.1, -0.05) is 6.07 Å². The average molecular weight is 310 g/mol. The zero-order chi connectivity index (χ0) is 15.1. The first kappa shape index (κ1) is 16.5. The third kappa shape index (κ3) is 4.80. The first-order valence-corrected chi connectivity index (χ1v) is 8.55. The van der Waals surface area contributed by atoms with E-state index in [2.05, 4.69) is 41.8 Å². The van der Waals surface area contributed by atoms with Gasteiger partial charge in [0.15, 0.2) is 0 Å². The van der Waals surface area contributed by atoms with Crippen LogP contribution in [0.15, 0.2) is 17.5 Å². The lowest BCUT2D eigenvalue weighted by Crippen LogP contribution is -2.55. The molecule has 0 spiro atoms. The minimum absolute atomic E-state index is 0.0572. The molecule has 1 fully saturated rings. The third-order valence-electron chi connectivity index (χ3n) is 4.39. The van der Waals surface area contributed by atoms with Crippen molar-refractivity contribution in [2.45, 2.75) is 37.6 Å². The third-order valence-corrected chi connectivity index (χ3v) is 5.33. The lowest BCUT2D eigenvalue weighted by atomic mass is 9.88. The van der Waals surface area contributed by atoms with E-state index in [1.807, 2.05) is 0 Å². The van der Waals surface area contributed by atoms with Gasteiger partial charge in [0.2, 0.25) is 5.91 Å². The Balaban J connectivity index is 1.71. The summed E-state index contributed by atoms with van der Waals surface area (Å²) in [6.45, 7) is 2.29. The SMILES string of the molecule is CN(C)C1(CNC(=O)CCCc2cccs2)CCOCC1. The van der Waals surface area contributed by atoms with Gasteiger partial charge in [0.1, 0.15) is 0 Å². The van der Waals surface area contributed by atoms with E-state index in [-0.39, 0.29) is 11.4 Å². The fourth-order valence-corrected chi connectivity index (χ4v) is 3.51. The lowest BCUT2D eigenvalue weighted by molar-refractivity contribution is -0.122. The zero-order valence-electron chi connectivity index (χ0n) is 13.1. The van der Waals surface area contributed by atoms with Crippen molar-refractivity contribution in [1.29, 1.82) is 0 Å². The second-order valence-corrected chi connectivity index (χ2v) is 6.97. The van der Waals surface area contributed by atoms with Crippen molar-refractivity contribution in [3.05, 3.63) is 22.4 Å². The molecule has 0 atom stereocenters. The van der Waals surface area contributed by atoms with E-state index in [0.717, 1.165) is 45.4 Å². The number of aryl methyl sites for hydroxylation is 1. The molecule has 1 aromatic heterocycles. The number of thiophene rings is 1. The Morgan fingerprint density at radius 2 is 2.19 bits per heavy atom. The number of hydrogen-bond donors (Lipinski definition) is 1. The predicted octanol–water partition coefficient (Wildman–Crippen LogP) is 2.30. The van der Waals surface area contributed by atoms with Crippen molar-refractivity contribution in [2.24, 2.45) is 0 Å². The summed E-state index contributed by atoms with van der Waals surface area (Å²) in [6, 6.07) is 4.19. The van der Waals surface area contributed by atoms with Crippen molar-refractivity contribution in [3.8, 4) is 0 Å². The van der Waals surface area contributed by atoms with Crippen molar-refractivity contribution in [1.82, 2.24) is 10.2 Å². The molecule has 1 N–H and O–H groups in total. The molecule has 2 heterocycles. The second-order valence-electron chi connectivity index (χ2n) is 5.94. The van der Waals surface area contributed by atoms with Crippen LogP contribution in [0, 0.1) is 0 Å². The van der Waals surface area contributed by atoms with E-state index in [9.17, 15) is 4.79 Å². The monoisotopic (exact) mass is 310 g/mol. The number of nitrogens with one attached hydrogen (secondary N) is 1. The van der Waals surface area contributed by atoms with Gasteiger partial charge in [-0.2, -0.15) is 0 Å². The van der Waals surface area contributed by atoms with Gasteiger partial charge in [0.25, 0.3) is 0 Å². The number of rotatable bonds is 7. The van der Waals surface area contributed by atoms with Gasteiger partial charge in [-0.25, -0.2) is 0 Å². The van der Waals surface area contributed by atoms with Gasteiger partial charge >= 0.3 is 0 Å². The smallest absolute Gasteiger partial charge is 0.220 e. The molecule has 0 unspecified atom stereocenters. The lowest BCUT2D eigenvalue weighted by Gasteiger charge is -2.42. The topological polar surface area (TPSA) is 41.6 Å². The average Bonchev–Trinajstić information content (AvgIpc) is 2.99. The molecule has 0 bridgehead atoms. The maximum atomic E-state index is 12.0. The summed E-state index contributed by atoms with van der Waals surface area (Å²) in [5, 5.41) is 5.21. The van der Waals surface area contributed by atoms with Crippen LogP contribution in [0.2, 0.25) is 0 Å². The molecule has 0 aliphatic carbocycles. The molecule has 1 aliphatic heterocycles. The summed E-state index contributed by atoms with van der Waals surface area (Å²) in [5.41, 5.74) is 0.0572. The Bertz CT molecular complexity index is 425. The maximum absolute atomic E-state index is 12.0. The maximum Gasteiger partial charge on any atom is 0.220 e. The Morgan fingerprint density at radius 3 is 2.81 bits per heavy atom. The largest absolute Gasteiger partial charge is 0.381 e. The second kappa shape index (κ2) is 7.92. The predicted molar refractivity (Wildman–Crippen MR) is 86.7 cm³/mol. The summed E-state index contributed by atoms with van der Waals surface area (Å²) in [6.07, 6.45) is 4.49. The number of hydrogen-bond acceptors (Lipinski definition) is 4. The molecule has 0 saturated carbocycles. The van der Waals surface area contributed by atoms with Crippen LogP contribution < -0.4 is 5.32 Å². The van der Waals surface area contributed by atoms with Crippen LogP contribution in [-0.2, 0) is 16.0 Å². The molecule has 4 nitrogen and oxygen atoms in total. The summed E-state index contributed by atoms with van der Waals surface area (Å²) in [7, 11) is 4.18. The van der Waals surface area contributed by atoms with E-state index in [1.54, 1.807) is 11.3 Å². The number of carbonyl (C=O) groups is 1. The van der Waals surface area contributed by atoms with E-state index >= 15 is 0 Å². The van der Waals surface area contributed by atoms with Crippen LogP contribution in [-0.4, -0.2) is 50.2 Å². The van der Waals surface area contributed by atoms with Gasteiger partial charge in [-0.15, -0.1) is 11.3 Å². The van der Waals surface area contributed by atoms with Crippen LogP contribution in [0.4, 0.5) is 0 Å². The molecular weight excluding hydrogens is 284 g/mol. The number of carbonyl (C=O) groups excluding carboxylic acids is 1. The van der Waals surface area contributed by atoms with Gasteiger partial charge < -0.3 is 15.0 Å². The first-order valence-electron chi connectivity index (χ1n) is 7.67. The van der Waals surface area contributed by atoms with Crippen molar-refractivity contribution in [2.75, 3.05) is 33.9 Å². The number of ether oxygens (including phenoxy) is 1. The van der Waals surface area contributed by atoms with Crippen molar-refractivity contribution < 1.29 is 9.53 Å². The molecule has 0 radical (unpaired) electrons. The van der Waals surface area contributed by atoms with Crippen molar-refractivity contribution >= 4 is 17.2 Å². The minimum atomic E-state index is 0.0572. The van der Waals surface area contributed by atoms with Crippen LogP contribution in [0.3, 0.4) is 0 Å². The fourth-order valence-electron chi connectivity index (χ4n) is 2.76. The quantitative estimate of drug-likeness (QED) is 0.840. The van der Waals surface area contributed by atoms with E-state index in [0.29, 0.717) is 6.42 Å². The first-order chi connectivity index (χ1) is 10.1. The molecule has 1 aromatic rings. The standard InChI is InChI=1S/C16H26N2O2S/c1-18(2)16(8-10-20-11-9-16)13-17-15(19)7-3-5-14-6-4-12-21-14/h4,6,12H,3,5,7-11,13H2,1-2H3,(H,17,19). The summed E-state index contributed by atoms with van der Waals surface area (Å²) < 4.78 is 5.45. The molecule has 0 aromatic carbocycles. The highest BCUT2D eigenvalue weighted by Gasteiger charge is 2.34. The highest BCUT2D eigenvalue weighted by Crippen LogP contribution is 2.25. The molecule has 1 saturated heterocycles. The Kier molecular flexibility index (Phi) is 6.21. The van der Waals surface area contributed by atoms with E-state index < -0.39 is 0 Å². The number of amides is 1. The van der Waals surface area contributed by atoms with E-state index in [1.165, 1.54) is 4.88 Å². The summed E-state index contributed by atoms with van der Waals surface area (Å²) in [4.78, 5) is 15.6. The van der Waals surface area contributed by atoms with Crippen LogP contribution in [0.5, 0.6) is 0 Å². The van der Waals surface area contributed by atoms with Gasteiger partial charge in [-0.3, -0.25) is 4.79 Å². The number of likely N-dealkylation sites (N-methyl/N-ethyl adjacent to an activating group) is 1. The molecule has 118 valence electrons. The molecule has 1 aliphatic rings. The van der Waals surface area contributed by atoms with Crippen LogP contribution in [0.25, 0.3) is 0 Å². The van der Waals surface area contributed by atoms with Gasteiger partial charge in [0.05, 0.1) is 0 Å². The highest BCUT2D eigenvalue weighted by atomic mass is 32.1. The summed E-state index contributed by atoms with van der Waals surface area (Å²) >= 11 is 1.76. The normalized spacial score (nSPS) is 17.9. The number of nitrogens with zero attached hydrogens (tertiary/aromatic N) is 1. The molecule has 2 rings (SSSR count). The molecular formula is C16H26N2O2S. The van der Waals surface area contributed by atoms with Crippen molar-refractivity contribution in [3.63, 3.8) is 0 Å². The highest BCUT2D eigenvalue weighted by molar-refractivity contribution is 7.09. The van der Waals surface area contributed by atoms with E-state index in [4.69, 9.17) is 4.74 Å². The van der Waals surface area contributed by atoms with Gasteiger partial charge in [-0.05, 0) is 51.2 Å². The Morgan fingerprint density at radius 1 is 1.43 bits per heavy atom. The zero-order valence-corrected chi connectivity index (χ0v) is 13.9. The molecule has 5 heteroatoms. The van der Waals surface area contributed by atoms with Crippen LogP contribution in [0.1, 0.15) is 30.6 Å². The fraction of sp³-hybridized carbons (Fsp3) is 0.688. The summed E-state index contributed by atoms with van der Waals surface area (Å²) in [5.74, 6) is 0.166.